The van der Waals surface area contributed by atoms with Crippen molar-refractivity contribution in [2.24, 2.45) is 11.8 Å². The molecule has 3 atom stereocenters. The molecule has 1 aromatic heterocycles. The van der Waals surface area contributed by atoms with Crippen LogP contribution in [-0.4, -0.2) is 63.0 Å². The summed E-state index contributed by atoms with van der Waals surface area (Å²) >= 11 is 0. The van der Waals surface area contributed by atoms with Gasteiger partial charge in [0.15, 0.2) is 0 Å². The largest absolute Gasteiger partial charge is 0.338 e. The molecule has 3 heterocycles. The van der Waals surface area contributed by atoms with Gasteiger partial charge in [0, 0.05) is 37.2 Å². The number of fused-ring (bicyclic) bond motifs is 1. The Hall–Kier alpha value is -3.06. The topological polar surface area (TPSA) is 78.0 Å². The molecule has 148 valence electrons. The van der Waals surface area contributed by atoms with E-state index >= 15 is 0 Å². The highest BCUT2D eigenvalue weighted by Gasteiger charge is 2.47. The molecule has 7 nitrogen and oxygen atoms in total. The van der Waals surface area contributed by atoms with E-state index in [1.54, 1.807) is 0 Å². The lowest BCUT2D eigenvalue weighted by Crippen LogP contribution is -2.33. The lowest BCUT2D eigenvalue weighted by atomic mass is 9.88. The molecule has 2 saturated heterocycles. The Bertz CT molecular complexity index is 1030. The minimum absolute atomic E-state index is 0.0472. The molecule has 29 heavy (non-hydrogen) atoms. The second kappa shape index (κ2) is 7.08. The van der Waals surface area contributed by atoms with E-state index in [9.17, 15) is 4.79 Å². The Labute approximate surface area is 169 Å². The molecule has 2 aromatic carbocycles. The Kier molecular flexibility index (Phi) is 4.39. The normalized spacial score (nSPS) is 24.1. The first kappa shape index (κ1) is 18.0. The van der Waals surface area contributed by atoms with Crippen LogP contribution in [0.2, 0.25) is 0 Å². The van der Waals surface area contributed by atoms with Crippen molar-refractivity contribution in [2.75, 3.05) is 26.7 Å². The third-order valence-corrected chi connectivity index (χ3v) is 6.43. The first-order valence-corrected chi connectivity index (χ1v) is 10.0. The van der Waals surface area contributed by atoms with Crippen LogP contribution < -0.4 is 0 Å². The van der Waals surface area contributed by atoms with Crippen LogP contribution in [0.3, 0.4) is 0 Å². The molecule has 0 radical (unpaired) electrons. The van der Waals surface area contributed by atoms with Crippen molar-refractivity contribution in [3.05, 3.63) is 65.2 Å². The van der Waals surface area contributed by atoms with E-state index in [2.05, 4.69) is 63.8 Å². The minimum Gasteiger partial charge on any atom is -0.338 e. The average Bonchev–Trinajstić information content (AvgIpc) is 3.45. The van der Waals surface area contributed by atoms with Crippen LogP contribution in [0.25, 0.3) is 11.4 Å². The molecule has 3 aromatic rings. The van der Waals surface area contributed by atoms with Gasteiger partial charge in [-0.1, -0.05) is 42.5 Å². The summed E-state index contributed by atoms with van der Waals surface area (Å²) in [5.41, 5.74) is 4.05. The first-order valence-electron chi connectivity index (χ1n) is 10.0. The van der Waals surface area contributed by atoms with Crippen molar-refractivity contribution in [1.29, 1.82) is 0 Å². The monoisotopic (exact) mass is 388 g/mol. The number of hydrogen-bond donors (Lipinski definition) is 1. The van der Waals surface area contributed by atoms with Crippen LogP contribution >= 0.6 is 0 Å². The van der Waals surface area contributed by atoms with Crippen LogP contribution in [0.1, 0.15) is 27.5 Å². The summed E-state index contributed by atoms with van der Waals surface area (Å²) in [6.07, 6.45) is 0. The number of carbonyl (C=O) groups excluding carboxylic acids is 1. The highest BCUT2D eigenvalue weighted by atomic mass is 16.2. The van der Waals surface area contributed by atoms with Crippen molar-refractivity contribution >= 4 is 5.91 Å². The number of likely N-dealkylation sites (tertiary alicyclic amines) is 2. The maximum Gasteiger partial charge on any atom is 0.254 e. The van der Waals surface area contributed by atoms with Gasteiger partial charge in [-0.25, -0.2) is 0 Å². The second-order valence-electron chi connectivity index (χ2n) is 8.16. The highest BCUT2D eigenvalue weighted by molar-refractivity contribution is 6.00. The van der Waals surface area contributed by atoms with Gasteiger partial charge >= 0.3 is 0 Å². The molecule has 7 heteroatoms. The number of aromatic amines is 1. The van der Waals surface area contributed by atoms with Gasteiger partial charge in [-0.05, 0) is 42.3 Å². The molecular formula is C22H24N6O. The standard InChI is InChI=1S/C22H24N6O/c1-14-7-3-4-8-16(14)20-19-13-28(12-15(19)11-27(20)2)22(29)18-10-6-5-9-17(18)21-23-25-26-24-21/h3-10,15,19-20H,11-13H2,1-2H3,(H,23,24,25,26)/t15-,19+,20-/m0/s1. The van der Waals surface area contributed by atoms with Gasteiger partial charge in [0.25, 0.3) is 5.91 Å². The van der Waals surface area contributed by atoms with Crippen molar-refractivity contribution < 1.29 is 4.79 Å². The third kappa shape index (κ3) is 3.02. The van der Waals surface area contributed by atoms with Crippen molar-refractivity contribution in [3.8, 4) is 11.4 Å². The predicted octanol–water partition coefficient (Wildman–Crippen LogP) is 2.55. The molecule has 0 aliphatic carbocycles. The van der Waals surface area contributed by atoms with E-state index in [0.717, 1.165) is 25.2 Å². The van der Waals surface area contributed by atoms with Crippen molar-refractivity contribution in [3.63, 3.8) is 0 Å². The van der Waals surface area contributed by atoms with E-state index in [1.165, 1.54) is 11.1 Å². The number of nitrogens with one attached hydrogen (secondary N) is 1. The minimum atomic E-state index is 0.0472. The molecule has 2 fully saturated rings. The molecule has 0 spiro atoms. The Morgan fingerprint density at radius 3 is 2.66 bits per heavy atom. The number of rotatable bonds is 3. The molecule has 1 N–H and O–H groups in total. The number of benzene rings is 2. The number of carbonyl (C=O) groups is 1. The number of aryl methyl sites for hydroxylation is 1. The maximum absolute atomic E-state index is 13.4. The molecule has 0 unspecified atom stereocenters. The lowest BCUT2D eigenvalue weighted by Gasteiger charge is -2.28. The Morgan fingerprint density at radius 2 is 1.86 bits per heavy atom. The van der Waals surface area contributed by atoms with Gasteiger partial charge < -0.3 is 4.90 Å². The smallest absolute Gasteiger partial charge is 0.254 e. The summed E-state index contributed by atoms with van der Waals surface area (Å²) < 4.78 is 0. The van der Waals surface area contributed by atoms with Gasteiger partial charge in [0.1, 0.15) is 0 Å². The summed E-state index contributed by atoms with van der Waals surface area (Å²) in [6, 6.07) is 16.5. The predicted molar refractivity (Wildman–Crippen MR) is 109 cm³/mol. The molecule has 0 saturated carbocycles. The number of aromatic nitrogens is 4. The molecule has 2 aliphatic rings. The van der Waals surface area contributed by atoms with Gasteiger partial charge in [-0.15, -0.1) is 10.2 Å². The molecule has 2 aliphatic heterocycles. The number of hydrogen-bond acceptors (Lipinski definition) is 5. The summed E-state index contributed by atoms with van der Waals surface area (Å²) in [5, 5.41) is 14.2. The van der Waals surface area contributed by atoms with Crippen LogP contribution in [-0.2, 0) is 0 Å². The van der Waals surface area contributed by atoms with Gasteiger partial charge in [-0.2, -0.15) is 5.21 Å². The maximum atomic E-state index is 13.4. The van der Waals surface area contributed by atoms with E-state index < -0.39 is 0 Å². The number of H-pyrrole nitrogens is 1. The quantitative estimate of drug-likeness (QED) is 0.746. The van der Waals surface area contributed by atoms with Crippen LogP contribution in [0.5, 0.6) is 0 Å². The summed E-state index contributed by atoms with van der Waals surface area (Å²) in [5.74, 6) is 1.44. The number of amides is 1. The lowest BCUT2D eigenvalue weighted by molar-refractivity contribution is 0.0768. The summed E-state index contributed by atoms with van der Waals surface area (Å²) in [7, 11) is 2.20. The van der Waals surface area contributed by atoms with Crippen molar-refractivity contribution in [1.82, 2.24) is 30.4 Å². The van der Waals surface area contributed by atoms with E-state index in [1.807, 2.05) is 29.2 Å². The third-order valence-electron chi connectivity index (χ3n) is 6.43. The van der Waals surface area contributed by atoms with E-state index in [-0.39, 0.29) is 5.91 Å². The van der Waals surface area contributed by atoms with Gasteiger partial charge in [-0.3, -0.25) is 9.69 Å². The summed E-state index contributed by atoms with van der Waals surface area (Å²) in [6.45, 7) is 4.75. The van der Waals surface area contributed by atoms with Crippen LogP contribution in [0, 0.1) is 18.8 Å². The van der Waals surface area contributed by atoms with Crippen LogP contribution in [0.15, 0.2) is 48.5 Å². The fourth-order valence-corrected chi connectivity index (χ4v) is 5.12. The van der Waals surface area contributed by atoms with Crippen molar-refractivity contribution in [2.45, 2.75) is 13.0 Å². The first-order chi connectivity index (χ1) is 14.1. The zero-order valence-electron chi connectivity index (χ0n) is 16.6. The number of tetrazole rings is 1. The van der Waals surface area contributed by atoms with Gasteiger partial charge in [0.2, 0.25) is 5.82 Å². The molecular weight excluding hydrogens is 364 g/mol. The van der Waals surface area contributed by atoms with Crippen LogP contribution in [0.4, 0.5) is 0 Å². The fourth-order valence-electron chi connectivity index (χ4n) is 5.12. The highest BCUT2D eigenvalue weighted by Crippen LogP contribution is 2.45. The molecule has 0 bridgehead atoms. The van der Waals surface area contributed by atoms with E-state index in [0.29, 0.717) is 29.3 Å². The molecule has 5 rings (SSSR count). The summed E-state index contributed by atoms with van der Waals surface area (Å²) in [4.78, 5) is 17.9. The zero-order valence-corrected chi connectivity index (χ0v) is 16.6. The number of nitrogens with zero attached hydrogens (tertiary/aromatic N) is 5. The fraction of sp³-hybridized carbons (Fsp3) is 0.364. The molecule has 1 amide bonds. The van der Waals surface area contributed by atoms with Gasteiger partial charge in [0.05, 0.1) is 5.56 Å². The Morgan fingerprint density at radius 1 is 1.07 bits per heavy atom. The SMILES string of the molecule is Cc1ccccc1[C@H]1[C@@H]2CN(C(=O)c3ccccc3-c3nn[nH]n3)C[C@@H]2CN1C. The average molecular weight is 388 g/mol. The Balaban J connectivity index is 1.42. The second-order valence-corrected chi connectivity index (χ2v) is 8.16. The zero-order chi connectivity index (χ0) is 20.0. The van der Waals surface area contributed by atoms with E-state index in [4.69, 9.17) is 0 Å².